The fourth-order valence-electron chi connectivity index (χ4n) is 4.01. The number of hydrogen-bond donors (Lipinski definition) is 3. The van der Waals surface area contributed by atoms with Crippen molar-refractivity contribution in [3.63, 3.8) is 0 Å². The standard InChI is InChI=1S/C26H21FN6O5/c1-14(34)17-5-3-2-4-16(17)11-29-26(37)21-9-20(32-24-18(27)12-30-33(21)24)25(36)28-10-15-6-7-22-19(8-15)31-23(35)13-38-22/h2-9,12H,10-11,13H2,1H3,(H,28,36)(H,29,37)(H,31,35). The van der Waals surface area contributed by atoms with Crippen molar-refractivity contribution in [3.05, 3.63) is 88.6 Å². The van der Waals surface area contributed by atoms with Crippen LogP contribution in [0, 0.1) is 5.82 Å². The van der Waals surface area contributed by atoms with E-state index in [1.54, 1.807) is 42.5 Å². The van der Waals surface area contributed by atoms with Gasteiger partial charge in [-0.05, 0) is 30.2 Å². The van der Waals surface area contributed by atoms with Crippen molar-refractivity contribution in [3.8, 4) is 5.75 Å². The van der Waals surface area contributed by atoms with E-state index in [2.05, 4.69) is 26.0 Å². The zero-order chi connectivity index (χ0) is 26.8. The summed E-state index contributed by atoms with van der Waals surface area (Å²) < 4.78 is 20.7. The Morgan fingerprint density at radius 1 is 1.08 bits per heavy atom. The molecule has 3 heterocycles. The molecule has 0 bridgehead atoms. The highest BCUT2D eigenvalue weighted by atomic mass is 19.1. The third-order valence-electron chi connectivity index (χ3n) is 5.86. The topological polar surface area (TPSA) is 144 Å². The first kappa shape index (κ1) is 24.6. The molecule has 5 rings (SSSR count). The molecule has 12 heteroatoms. The number of ketones is 1. The lowest BCUT2D eigenvalue weighted by molar-refractivity contribution is -0.118. The molecule has 3 N–H and O–H groups in total. The molecular formula is C26H21FN6O5. The van der Waals surface area contributed by atoms with Gasteiger partial charge >= 0.3 is 0 Å². The molecule has 2 aromatic heterocycles. The molecule has 2 aromatic carbocycles. The second-order valence-electron chi connectivity index (χ2n) is 8.50. The largest absolute Gasteiger partial charge is 0.482 e. The lowest BCUT2D eigenvalue weighted by Gasteiger charge is -2.18. The molecule has 38 heavy (non-hydrogen) atoms. The maximum Gasteiger partial charge on any atom is 0.270 e. The smallest absolute Gasteiger partial charge is 0.270 e. The Morgan fingerprint density at radius 3 is 2.68 bits per heavy atom. The van der Waals surface area contributed by atoms with Gasteiger partial charge in [-0.25, -0.2) is 13.9 Å². The zero-order valence-electron chi connectivity index (χ0n) is 20.1. The summed E-state index contributed by atoms with van der Waals surface area (Å²) in [6.07, 6.45) is 0.898. The number of aromatic nitrogens is 3. The SMILES string of the molecule is CC(=O)c1ccccc1CNC(=O)c1cc(C(=O)NCc2ccc3c(c2)NC(=O)CO3)nc2c(F)cnn12. The van der Waals surface area contributed by atoms with Crippen LogP contribution in [0.25, 0.3) is 5.65 Å². The van der Waals surface area contributed by atoms with Gasteiger partial charge in [0.15, 0.2) is 23.9 Å². The maximum absolute atomic E-state index is 14.4. The average Bonchev–Trinajstić information content (AvgIpc) is 3.30. The van der Waals surface area contributed by atoms with Gasteiger partial charge in [-0.15, -0.1) is 0 Å². The number of hydrogen-bond acceptors (Lipinski definition) is 7. The first-order valence-electron chi connectivity index (χ1n) is 11.6. The average molecular weight is 516 g/mol. The van der Waals surface area contributed by atoms with E-state index in [1.165, 1.54) is 13.0 Å². The van der Waals surface area contributed by atoms with Crippen molar-refractivity contribution in [1.29, 1.82) is 0 Å². The van der Waals surface area contributed by atoms with E-state index in [0.29, 0.717) is 28.1 Å². The van der Waals surface area contributed by atoms with E-state index >= 15 is 0 Å². The molecule has 4 aromatic rings. The summed E-state index contributed by atoms with van der Waals surface area (Å²) in [5.41, 5.74) is 1.63. The van der Waals surface area contributed by atoms with Crippen LogP contribution in [0.3, 0.4) is 0 Å². The summed E-state index contributed by atoms with van der Waals surface area (Å²) in [6, 6.07) is 13.1. The number of nitrogens with one attached hydrogen (secondary N) is 3. The van der Waals surface area contributed by atoms with Gasteiger partial charge in [-0.1, -0.05) is 30.3 Å². The Balaban J connectivity index is 1.35. The predicted molar refractivity (Wildman–Crippen MR) is 132 cm³/mol. The summed E-state index contributed by atoms with van der Waals surface area (Å²) >= 11 is 0. The molecule has 0 saturated heterocycles. The Labute approximate surface area is 215 Å². The van der Waals surface area contributed by atoms with Crippen molar-refractivity contribution in [2.75, 3.05) is 11.9 Å². The molecule has 1 aliphatic rings. The molecule has 0 unspecified atom stereocenters. The number of carbonyl (C=O) groups excluding carboxylic acids is 4. The van der Waals surface area contributed by atoms with E-state index in [1.807, 2.05) is 0 Å². The maximum atomic E-state index is 14.4. The molecule has 1 aliphatic heterocycles. The van der Waals surface area contributed by atoms with Gasteiger partial charge in [-0.3, -0.25) is 19.2 Å². The normalized spacial score (nSPS) is 12.3. The minimum atomic E-state index is -0.805. The van der Waals surface area contributed by atoms with Crippen molar-refractivity contribution in [2.24, 2.45) is 0 Å². The monoisotopic (exact) mass is 516 g/mol. The lowest BCUT2D eigenvalue weighted by Crippen LogP contribution is -2.29. The predicted octanol–water partition coefficient (Wildman–Crippen LogP) is 2.26. The first-order chi connectivity index (χ1) is 18.3. The minimum Gasteiger partial charge on any atom is -0.482 e. The number of halogens is 1. The van der Waals surface area contributed by atoms with Crippen LogP contribution in [-0.4, -0.2) is 44.7 Å². The van der Waals surface area contributed by atoms with Gasteiger partial charge in [0.2, 0.25) is 0 Å². The quantitative estimate of drug-likeness (QED) is 0.320. The minimum absolute atomic E-state index is 0.0300. The van der Waals surface area contributed by atoms with Crippen LogP contribution in [0.1, 0.15) is 49.4 Å². The van der Waals surface area contributed by atoms with Crippen LogP contribution in [0.15, 0.2) is 54.7 Å². The second kappa shape index (κ2) is 10.1. The summed E-state index contributed by atoms with van der Waals surface area (Å²) in [7, 11) is 0. The van der Waals surface area contributed by atoms with E-state index in [-0.39, 0.29) is 48.4 Å². The van der Waals surface area contributed by atoms with Crippen LogP contribution in [0.4, 0.5) is 10.1 Å². The Morgan fingerprint density at radius 2 is 1.87 bits per heavy atom. The number of nitrogens with zero attached hydrogens (tertiary/aromatic N) is 3. The van der Waals surface area contributed by atoms with Gasteiger partial charge in [-0.2, -0.15) is 5.10 Å². The van der Waals surface area contributed by atoms with Crippen molar-refractivity contribution < 1.29 is 28.3 Å². The highest BCUT2D eigenvalue weighted by Crippen LogP contribution is 2.28. The molecule has 192 valence electrons. The molecule has 0 spiro atoms. The molecular weight excluding hydrogens is 495 g/mol. The summed E-state index contributed by atoms with van der Waals surface area (Å²) in [4.78, 5) is 53.5. The number of anilines is 1. The van der Waals surface area contributed by atoms with Crippen molar-refractivity contribution in [1.82, 2.24) is 25.2 Å². The molecule has 0 fully saturated rings. The van der Waals surface area contributed by atoms with Crippen LogP contribution < -0.4 is 20.7 Å². The molecule has 0 atom stereocenters. The third-order valence-corrected chi connectivity index (χ3v) is 5.86. The number of Topliss-reactive ketones (excluding diaryl/α,β-unsaturated/α-hetero) is 1. The molecule has 0 aliphatic carbocycles. The number of carbonyl (C=O) groups is 4. The highest BCUT2D eigenvalue weighted by Gasteiger charge is 2.21. The van der Waals surface area contributed by atoms with E-state index < -0.39 is 17.6 Å². The Kier molecular flexibility index (Phi) is 6.52. The number of rotatable bonds is 7. The van der Waals surface area contributed by atoms with E-state index in [0.717, 1.165) is 10.7 Å². The Hall–Kier alpha value is -5.13. The number of amides is 3. The first-order valence-corrected chi connectivity index (χ1v) is 11.6. The lowest BCUT2D eigenvalue weighted by atomic mass is 10.0. The van der Waals surface area contributed by atoms with Gasteiger partial charge in [0.1, 0.15) is 17.1 Å². The Bertz CT molecular complexity index is 1620. The highest BCUT2D eigenvalue weighted by molar-refractivity contribution is 5.99. The van der Waals surface area contributed by atoms with Crippen LogP contribution >= 0.6 is 0 Å². The van der Waals surface area contributed by atoms with Gasteiger partial charge in [0.05, 0.1) is 11.9 Å². The number of benzene rings is 2. The van der Waals surface area contributed by atoms with E-state index in [9.17, 15) is 23.6 Å². The van der Waals surface area contributed by atoms with Crippen molar-refractivity contribution >= 4 is 34.8 Å². The fourth-order valence-corrected chi connectivity index (χ4v) is 4.01. The third kappa shape index (κ3) is 4.91. The second-order valence-corrected chi connectivity index (χ2v) is 8.50. The number of ether oxygens (including phenoxy) is 1. The van der Waals surface area contributed by atoms with Gasteiger partial charge in [0, 0.05) is 24.7 Å². The summed E-state index contributed by atoms with van der Waals surface area (Å²) in [5.74, 6) is -2.01. The summed E-state index contributed by atoms with van der Waals surface area (Å²) in [6.45, 7) is 1.46. The van der Waals surface area contributed by atoms with Crippen molar-refractivity contribution in [2.45, 2.75) is 20.0 Å². The van der Waals surface area contributed by atoms with Crippen LogP contribution in [0.5, 0.6) is 5.75 Å². The molecule has 0 saturated carbocycles. The van der Waals surface area contributed by atoms with Gasteiger partial charge < -0.3 is 20.7 Å². The fraction of sp³-hybridized carbons (Fsp3) is 0.154. The molecule has 3 amide bonds. The summed E-state index contributed by atoms with van der Waals surface area (Å²) in [5, 5.41) is 11.9. The molecule has 11 nitrogen and oxygen atoms in total. The number of fused-ring (bicyclic) bond motifs is 2. The molecule has 0 radical (unpaired) electrons. The van der Waals surface area contributed by atoms with Gasteiger partial charge in [0.25, 0.3) is 17.7 Å². The van der Waals surface area contributed by atoms with Crippen LogP contribution in [0.2, 0.25) is 0 Å². The van der Waals surface area contributed by atoms with E-state index in [4.69, 9.17) is 4.74 Å². The van der Waals surface area contributed by atoms with Crippen LogP contribution in [-0.2, 0) is 17.9 Å². The zero-order valence-corrected chi connectivity index (χ0v) is 20.1.